The van der Waals surface area contributed by atoms with Crippen molar-refractivity contribution < 1.29 is 23.1 Å². The molecule has 1 aromatic carbocycles. The quantitative estimate of drug-likeness (QED) is 0.759. The average Bonchev–Trinajstić information content (AvgIpc) is 3.32. The summed E-state index contributed by atoms with van der Waals surface area (Å²) >= 11 is 0. The zero-order valence-corrected chi connectivity index (χ0v) is 15.5. The standard InChI is InChI=1S/C19H19F2N5O3/c20-15-2-1-13(9-16(15)21)26-8-7-25(19(26)28)12-18(27)24-6-3-14(11-24)29-17-10-22-4-5-23-17/h1-2,4-5,9-10,14H,3,6-8,11-12H2. The summed E-state index contributed by atoms with van der Waals surface area (Å²) in [7, 11) is 0. The van der Waals surface area contributed by atoms with Crippen LogP contribution in [0.2, 0.25) is 0 Å². The molecule has 29 heavy (non-hydrogen) atoms. The van der Waals surface area contributed by atoms with Gasteiger partial charge >= 0.3 is 6.03 Å². The SMILES string of the molecule is O=C(CN1CCN(c2ccc(F)c(F)c2)C1=O)N1CCC(Oc2cnccn2)C1. The third-order valence-corrected chi connectivity index (χ3v) is 4.96. The van der Waals surface area contributed by atoms with Crippen LogP contribution in [0.25, 0.3) is 0 Å². The van der Waals surface area contributed by atoms with Crippen molar-refractivity contribution in [2.75, 3.05) is 37.6 Å². The van der Waals surface area contributed by atoms with Crippen LogP contribution >= 0.6 is 0 Å². The number of carbonyl (C=O) groups is 2. The molecule has 1 aromatic heterocycles. The summed E-state index contributed by atoms with van der Waals surface area (Å²) in [5, 5.41) is 0. The summed E-state index contributed by atoms with van der Waals surface area (Å²) in [5.41, 5.74) is 0.266. The van der Waals surface area contributed by atoms with E-state index in [9.17, 15) is 18.4 Å². The summed E-state index contributed by atoms with van der Waals surface area (Å²) in [6.45, 7) is 1.49. The lowest BCUT2D eigenvalue weighted by atomic mass is 10.3. The maximum Gasteiger partial charge on any atom is 0.325 e. The highest BCUT2D eigenvalue weighted by Gasteiger charge is 2.34. The molecule has 8 nitrogen and oxygen atoms in total. The number of benzene rings is 1. The predicted molar refractivity (Wildman–Crippen MR) is 98.3 cm³/mol. The molecule has 2 aromatic rings. The largest absolute Gasteiger partial charge is 0.471 e. The number of ether oxygens (including phenoxy) is 1. The van der Waals surface area contributed by atoms with Gasteiger partial charge in [-0.05, 0) is 12.1 Å². The lowest BCUT2D eigenvalue weighted by Crippen LogP contribution is -2.42. The molecule has 2 aliphatic rings. The summed E-state index contributed by atoms with van der Waals surface area (Å²) < 4.78 is 32.3. The van der Waals surface area contributed by atoms with E-state index < -0.39 is 17.7 Å². The van der Waals surface area contributed by atoms with Gasteiger partial charge in [0.2, 0.25) is 11.8 Å². The molecule has 0 radical (unpaired) electrons. The van der Waals surface area contributed by atoms with Crippen LogP contribution < -0.4 is 9.64 Å². The minimum atomic E-state index is -1.02. The molecule has 10 heteroatoms. The third-order valence-electron chi connectivity index (χ3n) is 4.96. The Balaban J connectivity index is 1.32. The van der Waals surface area contributed by atoms with Crippen molar-refractivity contribution in [2.24, 2.45) is 0 Å². The molecule has 2 saturated heterocycles. The first kappa shape index (κ1) is 19.0. The second kappa shape index (κ2) is 7.98. The lowest BCUT2D eigenvalue weighted by molar-refractivity contribution is -0.130. The Morgan fingerprint density at radius 3 is 2.79 bits per heavy atom. The molecule has 2 aliphatic heterocycles. The van der Waals surface area contributed by atoms with Crippen LogP contribution in [0.5, 0.6) is 5.88 Å². The van der Waals surface area contributed by atoms with Crippen molar-refractivity contribution in [1.82, 2.24) is 19.8 Å². The number of anilines is 1. The van der Waals surface area contributed by atoms with Crippen molar-refractivity contribution in [3.63, 3.8) is 0 Å². The van der Waals surface area contributed by atoms with Gasteiger partial charge in [0.1, 0.15) is 12.6 Å². The van der Waals surface area contributed by atoms with Gasteiger partial charge in [-0.2, -0.15) is 0 Å². The highest BCUT2D eigenvalue weighted by molar-refractivity contribution is 5.96. The van der Waals surface area contributed by atoms with Crippen molar-refractivity contribution in [3.8, 4) is 5.88 Å². The molecule has 0 N–H and O–H groups in total. The zero-order valence-electron chi connectivity index (χ0n) is 15.5. The molecule has 152 valence electrons. The van der Waals surface area contributed by atoms with Crippen LogP contribution in [0.3, 0.4) is 0 Å². The van der Waals surface area contributed by atoms with E-state index in [1.807, 2.05) is 0 Å². The van der Waals surface area contributed by atoms with Gasteiger partial charge in [-0.1, -0.05) is 0 Å². The smallest absolute Gasteiger partial charge is 0.325 e. The number of nitrogens with zero attached hydrogens (tertiary/aromatic N) is 5. The van der Waals surface area contributed by atoms with Gasteiger partial charge in [-0.3, -0.25) is 14.7 Å². The fourth-order valence-corrected chi connectivity index (χ4v) is 3.45. The normalized spacial score (nSPS) is 19.2. The van der Waals surface area contributed by atoms with Gasteiger partial charge in [0.25, 0.3) is 0 Å². The summed E-state index contributed by atoms with van der Waals surface area (Å²) in [6.07, 6.45) is 5.08. The topological polar surface area (TPSA) is 78.9 Å². The minimum Gasteiger partial charge on any atom is -0.471 e. The van der Waals surface area contributed by atoms with Gasteiger partial charge in [0, 0.05) is 50.2 Å². The van der Waals surface area contributed by atoms with Crippen molar-refractivity contribution in [2.45, 2.75) is 12.5 Å². The number of carbonyl (C=O) groups excluding carboxylic acids is 2. The second-order valence-corrected chi connectivity index (χ2v) is 6.87. The second-order valence-electron chi connectivity index (χ2n) is 6.87. The molecule has 0 aliphatic carbocycles. The Hall–Kier alpha value is -3.30. The molecular formula is C19H19F2N5O3. The number of rotatable bonds is 5. The van der Waals surface area contributed by atoms with Gasteiger partial charge in [-0.15, -0.1) is 0 Å². The van der Waals surface area contributed by atoms with Crippen LogP contribution in [0.1, 0.15) is 6.42 Å². The fraction of sp³-hybridized carbons (Fsp3) is 0.368. The highest BCUT2D eigenvalue weighted by Crippen LogP contribution is 2.23. The minimum absolute atomic E-state index is 0.0725. The summed E-state index contributed by atoms with van der Waals surface area (Å²) in [5.74, 6) is -1.77. The molecular weight excluding hydrogens is 384 g/mol. The number of likely N-dealkylation sites (tertiary alicyclic amines) is 1. The predicted octanol–water partition coefficient (Wildman–Crippen LogP) is 1.68. The summed E-state index contributed by atoms with van der Waals surface area (Å²) in [6, 6.07) is 2.90. The number of aromatic nitrogens is 2. The number of urea groups is 1. The third kappa shape index (κ3) is 4.10. The van der Waals surface area contributed by atoms with Crippen molar-refractivity contribution in [3.05, 3.63) is 48.4 Å². The maximum absolute atomic E-state index is 13.5. The highest BCUT2D eigenvalue weighted by atomic mass is 19.2. The molecule has 3 heterocycles. The molecule has 0 saturated carbocycles. The van der Waals surface area contributed by atoms with E-state index in [-0.39, 0.29) is 24.2 Å². The fourth-order valence-electron chi connectivity index (χ4n) is 3.45. The van der Waals surface area contributed by atoms with Crippen molar-refractivity contribution >= 4 is 17.6 Å². The van der Waals surface area contributed by atoms with Crippen LogP contribution in [-0.4, -0.2) is 70.5 Å². The lowest BCUT2D eigenvalue weighted by Gasteiger charge is -2.22. The first-order valence-electron chi connectivity index (χ1n) is 9.23. The zero-order chi connectivity index (χ0) is 20.4. The first-order valence-corrected chi connectivity index (χ1v) is 9.23. The van der Waals surface area contributed by atoms with Crippen molar-refractivity contribution in [1.29, 1.82) is 0 Å². The van der Waals surface area contributed by atoms with E-state index in [2.05, 4.69) is 9.97 Å². The van der Waals surface area contributed by atoms with Crippen LogP contribution in [0.15, 0.2) is 36.8 Å². The van der Waals surface area contributed by atoms with E-state index in [1.54, 1.807) is 11.1 Å². The van der Waals surface area contributed by atoms with Crippen LogP contribution in [0.4, 0.5) is 19.3 Å². The Morgan fingerprint density at radius 2 is 2.03 bits per heavy atom. The summed E-state index contributed by atoms with van der Waals surface area (Å²) in [4.78, 5) is 37.6. The number of amides is 3. The molecule has 3 amide bonds. The molecule has 2 fully saturated rings. The van der Waals surface area contributed by atoms with Gasteiger partial charge < -0.3 is 14.5 Å². The van der Waals surface area contributed by atoms with Crippen LogP contribution in [-0.2, 0) is 4.79 Å². The Bertz CT molecular complexity index is 914. The van der Waals surface area contributed by atoms with Gasteiger partial charge in [0.15, 0.2) is 11.6 Å². The van der Waals surface area contributed by atoms with E-state index in [1.165, 1.54) is 28.3 Å². The Morgan fingerprint density at radius 1 is 1.17 bits per heavy atom. The number of hydrogen-bond acceptors (Lipinski definition) is 5. The monoisotopic (exact) mass is 403 g/mol. The molecule has 1 unspecified atom stereocenters. The van der Waals surface area contributed by atoms with Gasteiger partial charge in [-0.25, -0.2) is 18.6 Å². The van der Waals surface area contributed by atoms with Crippen LogP contribution in [0, 0.1) is 11.6 Å². The molecule has 0 spiro atoms. The molecule has 1 atom stereocenters. The molecule has 0 bridgehead atoms. The number of halogens is 2. The average molecular weight is 403 g/mol. The van der Waals surface area contributed by atoms with E-state index in [0.717, 1.165) is 12.1 Å². The first-order chi connectivity index (χ1) is 14.0. The van der Waals surface area contributed by atoms with E-state index in [0.29, 0.717) is 38.5 Å². The number of hydrogen-bond donors (Lipinski definition) is 0. The Labute approximate surface area is 165 Å². The van der Waals surface area contributed by atoms with E-state index in [4.69, 9.17) is 4.74 Å². The molecule has 4 rings (SSSR count). The van der Waals surface area contributed by atoms with Gasteiger partial charge in [0.05, 0.1) is 12.7 Å². The van der Waals surface area contributed by atoms with E-state index >= 15 is 0 Å². The maximum atomic E-state index is 13.5. The Kier molecular flexibility index (Phi) is 5.24.